The summed E-state index contributed by atoms with van der Waals surface area (Å²) in [6.07, 6.45) is 1.40. The summed E-state index contributed by atoms with van der Waals surface area (Å²) in [6.45, 7) is 0. The van der Waals surface area contributed by atoms with E-state index in [4.69, 9.17) is 10.5 Å². The molecule has 0 aliphatic heterocycles. The van der Waals surface area contributed by atoms with Crippen LogP contribution in [0.3, 0.4) is 0 Å². The Morgan fingerprint density at radius 2 is 2.08 bits per heavy atom. The van der Waals surface area contributed by atoms with E-state index < -0.39 is 5.91 Å². The van der Waals surface area contributed by atoms with Gasteiger partial charge in [-0.05, 0) is 24.3 Å². The van der Waals surface area contributed by atoms with Gasteiger partial charge in [0.1, 0.15) is 27.4 Å². The van der Waals surface area contributed by atoms with E-state index in [-0.39, 0.29) is 0 Å². The van der Waals surface area contributed by atoms with Gasteiger partial charge in [0.15, 0.2) is 0 Å². The first-order valence-electron chi connectivity index (χ1n) is 6.94. The van der Waals surface area contributed by atoms with Crippen molar-refractivity contribution in [3.8, 4) is 33.8 Å². The fraction of sp³-hybridized carbons (Fsp3) is 0.0588. The molecule has 2 N–H and O–H groups in total. The number of nitrogens with two attached hydrogens (primary N) is 1. The van der Waals surface area contributed by atoms with Crippen LogP contribution in [-0.2, 0) is 0 Å². The van der Waals surface area contributed by atoms with Gasteiger partial charge in [0, 0.05) is 11.8 Å². The molecule has 1 aromatic carbocycles. The van der Waals surface area contributed by atoms with E-state index in [1.807, 2.05) is 24.3 Å². The van der Waals surface area contributed by atoms with Crippen LogP contribution in [0.2, 0.25) is 0 Å². The van der Waals surface area contributed by atoms with Gasteiger partial charge in [0.2, 0.25) is 5.91 Å². The lowest BCUT2D eigenvalue weighted by Crippen LogP contribution is -2.10. The number of nitriles is 1. The second-order valence-corrected chi connectivity index (χ2v) is 5.80. The molecule has 0 bridgehead atoms. The van der Waals surface area contributed by atoms with Crippen molar-refractivity contribution in [3.05, 3.63) is 53.0 Å². The predicted molar refractivity (Wildman–Crippen MR) is 90.6 cm³/mol. The lowest BCUT2D eigenvalue weighted by molar-refractivity contribution is 0.1000. The molecule has 118 valence electrons. The van der Waals surface area contributed by atoms with Crippen molar-refractivity contribution in [3.63, 3.8) is 0 Å². The lowest BCUT2D eigenvalue weighted by Gasteiger charge is -2.05. The van der Waals surface area contributed by atoms with Crippen LogP contribution in [0.25, 0.3) is 22.0 Å². The van der Waals surface area contributed by atoms with Crippen LogP contribution in [0.4, 0.5) is 0 Å². The molecular weight excluding hydrogens is 324 g/mol. The number of carbonyl (C=O) groups excluding carboxylic acids is 1. The summed E-state index contributed by atoms with van der Waals surface area (Å²) in [4.78, 5) is 20.3. The average molecular weight is 336 g/mol. The third-order valence-electron chi connectivity index (χ3n) is 3.36. The summed E-state index contributed by atoms with van der Waals surface area (Å²) in [5.74, 6) is 0.100. The molecule has 2 heterocycles. The van der Waals surface area contributed by atoms with Gasteiger partial charge >= 0.3 is 0 Å². The molecule has 0 spiro atoms. The molecule has 3 rings (SSSR count). The van der Waals surface area contributed by atoms with Gasteiger partial charge in [0.25, 0.3) is 0 Å². The number of hydrogen-bond donors (Lipinski definition) is 1. The van der Waals surface area contributed by atoms with Crippen molar-refractivity contribution < 1.29 is 9.53 Å². The predicted octanol–water partition coefficient (Wildman–Crippen LogP) is 2.85. The smallest absolute Gasteiger partial charge is 0.250 e. The molecule has 0 unspecified atom stereocenters. The molecule has 0 radical (unpaired) electrons. The first-order chi connectivity index (χ1) is 11.6. The monoisotopic (exact) mass is 336 g/mol. The third kappa shape index (κ3) is 2.83. The van der Waals surface area contributed by atoms with Crippen LogP contribution in [0.15, 0.2) is 42.6 Å². The van der Waals surface area contributed by atoms with Gasteiger partial charge in [-0.25, -0.2) is 4.98 Å². The second kappa shape index (κ2) is 6.48. The lowest BCUT2D eigenvalue weighted by atomic mass is 10.1. The number of hydrogen-bond acceptors (Lipinski definition) is 6. The Labute approximate surface area is 142 Å². The Kier molecular flexibility index (Phi) is 4.22. The van der Waals surface area contributed by atoms with E-state index in [0.29, 0.717) is 32.6 Å². The molecule has 0 saturated heterocycles. The fourth-order valence-electron chi connectivity index (χ4n) is 2.19. The maximum Gasteiger partial charge on any atom is 0.250 e. The quantitative estimate of drug-likeness (QED) is 0.789. The van der Waals surface area contributed by atoms with Crippen LogP contribution in [0.1, 0.15) is 15.2 Å². The van der Waals surface area contributed by atoms with E-state index in [0.717, 1.165) is 5.56 Å². The number of para-hydroxylation sites is 1. The summed E-state index contributed by atoms with van der Waals surface area (Å²) in [7, 11) is 1.57. The van der Waals surface area contributed by atoms with Crippen LogP contribution < -0.4 is 10.5 Å². The van der Waals surface area contributed by atoms with Crippen LogP contribution in [0, 0.1) is 11.3 Å². The van der Waals surface area contributed by atoms with Crippen LogP contribution in [0.5, 0.6) is 5.75 Å². The molecule has 0 aliphatic carbocycles. The highest BCUT2D eigenvalue weighted by molar-refractivity contribution is 7.16. The number of ether oxygens (including phenoxy) is 1. The summed E-state index contributed by atoms with van der Waals surface area (Å²) in [5, 5.41) is 10.0. The maximum atomic E-state index is 11.1. The Hall–Kier alpha value is -3.24. The van der Waals surface area contributed by atoms with Crippen molar-refractivity contribution in [1.82, 2.24) is 9.97 Å². The largest absolute Gasteiger partial charge is 0.496 e. The first kappa shape index (κ1) is 15.6. The summed E-state index contributed by atoms with van der Waals surface area (Å²) in [6, 6.07) is 12.8. The van der Waals surface area contributed by atoms with Gasteiger partial charge in [-0.2, -0.15) is 5.26 Å². The molecular formula is C17H12N4O2S. The number of aromatic nitrogens is 2. The van der Waals surface area contributed by atoms with Crippen molar-refractivity contribution in [1.29, 1.82) is 5.26 Å². The summed E-state index contributed by atoms with van der Waals surface area (Å²) in [5.41, 5.74) is 7.40. The molecule has 3 aromatic rings. The fourth-order valence-corrected chi connectivity index (χ4v) is 3.05. The Balaban J connectivity index is 2.08. The van der Waals surface area contributed by atoms with E-state index >= 15 is 0 Å². The number of pyridine rings is 1. The minimum atomic E-state index is -0.541. The zero-order valence-corrected chi connectivity index (χ0v) is 13.5. The number of methoxy groups -OCH3 is 1. The Bertz CT molecular complexity index is 942. The molecule has 0 atom stereocenters. The van der Waals surface area contributed by atoms with Crippen molar-refractivity contribution in [2.45, 2.75) is 0 Å². The number of benzene rings is 1. The highest BCUT2D eigenvalue weighted by atomic mass is 32.1. The van der Waals surface area contributed by atoms with Crippen LogP contribution in [-0.4, -0.2) is 23.0 Å². The molecule has 0 saturated carbocycles. The van der Waals surface area contributed by atoms with E-state index in [9.17, 15) is 10.1 Å². The van der Waals surface area contributed by atoms with Gasteiger partial charge in [-0.15, -0.1) is 11.3 Å². The number of amides is 1. The highest BCUT2D eigenvalue weighted by Crippen LogP contribution is 2.36. The molecule has 7 heteroatoms. The van der Waals surface area contributed by atoms with Gasteiger partial charge in [-0.3, -0.25) is 9.78 Å². The zero-order valence-electron chi connectivity index (χ0n) is 12.7. The van der Waals surface area contributed by atoms with Gasteiger partial charge in [-0.1, -0.05) is 12.1 Å². The van der Waals surface area contributed by atoms with E-state index in [1.165, 1.54) is 17.5 Å². The standard InChI is InChI=1S/C17H12N4O2S/c1-23-13-5-3-2-4-11(13)15-14(8-18)24-17(21-15)12-7-6-10(9-20-12)16(19)22/h2-7,9H,1H3,(H2,19,22). The number of nitrogens with zero attached hydrogens (tertiary/aromatic N) is 3. The number of thiazole rings is 1. The zero-order chi connectivity index (χ0) is 17.1. The topological polar surface area (TPSA) is 102 Å². The van der Waals surface area contributed by atoms with E-state index in [2.05, 4.69) is 16.0 Å². The first-order valence-corrected chi connectivity index (χ1v) is 7.76. The number of carbonyl (C=O) groups is 1. The summed E-state index contributed by atoms with van der Waals surface area (Å²) < 4.78 is 5.34. The number of rotatable bonds is 4. The van der Waals surface area contributed by atoms with E-state index in [1.54, 1.807) is 19.2 Å². The molecule has 0 fully saturated rings. The second-order valence-electron chi connectivity index (χ2n) is 4.81. The minimum Gasteiger partial charge on any atom is -0.496 e. The normalized spacial score (nSPS) is 10.2. The van der Waals surface area contributed by atoms with Gasteiger partial charge < -0.3 is 10.5 Å². The maximum absolute atomic E-state index is 11.1. The average Bonchev–Trinajstić information content (AvgIpc) is 3.06. The number of primary amides is 1. The third-order valence-corrected chi connectivity index (χ3v) is 4.34. The van der Waals surface area contributed by atoms with Crippen molar-refractivity contribution >= 4 is 17.2 Å². The Morgan fingerprint density at radius 1 is 1.29 bits per heavy atom. The van der Waals surface area contributed by atoms with Crippen molar-refractivity contribution in [2.24, 2.45) is 5.73 Å². The van der Waals surface area contributed by atoms with Gasteiger partial charge in [0.05, 0.1) is 18.4 Å². The minimum absolute atomic E-state index is 0.320. The molecule has 0 aliphatic rings. The SMILES string of the molecule is COc1ccccc1-c1nc(-c2ccc(C(N)=O)cn2)sc1C#N. The van der Waals surface area contributed by atoms with Crippen LogP contribution >= 0.6 is 11.3 Å². The highest BCUT2D eigenvalue weighted by Gasteiger charge is 2.18. The molecule has 6 nitrogen and oxygen atoms in total. The molecule has 24 heavy (non-hydrogen) atoms. The summed E-state index contributed by atoms with van der Waals surface area (Å²) >= 11 is 1.23. The molecule has 2 aromatic heterocycles. The molecule has 1 amide bonds. The van der Waals surface area contributed by atoms with Crippen molar-refractivity contribution in [2.75, 3.05) is 7.11 Å². The Morgan fingerprint density at radius 3 is 2.71 bits per heavy atom.